The second kappa shape index (κ2) is 6.85. The molecular weight excluding hydrogens is 254 g/mol. The van der Waals surface area contributed by atoms with Crippen LogP contribution in [0.1, 0.15) is 18.9 Å². The largest absolute Gasteiger partial charge is 0.492 e. The van der Waals surface area contributed by atoms with Crippen molar-refractivity contribution in [3.05, 3.63) is 28.2 Å². The number of hydrogen-bond acceptors (Lipinski definition) is 2. The third kappa shape index (κ3) is 4.67. The van der Waals surface area contributed by atoms with Crippen LogP contribution in [0, 0.1) is 6.92 Å². The number of ether oxygens (including phenoxy) is 1. The first kappa shape index (κ1) is 12.5. The molecule has 0 saturated carbocycles. The average Bonchev–Trinajstić information content (AvgIpc) is 2.23. The third-order valence-electron chi connectivity index (χ3n) is 2.11. The molecule has 1 aromatic rings. The van der Waals surface area contributed by atoms with Gasteiger partial charge in [-0.15, -0.1) is 0 Å². The minimum Gasteiger partial charge on any atom is -0.492 e. The van der Waals surface area contributed by atoms with E-state index in [0.717, 1.165) is 36.3 Å². The predicted octanol–water partition coefficient (Wildman–Crippen LogP) is 3.14. The Kier molecular flexibility index (Phi) is 5.73. The molecule has 0 atom stereocenters. The van der Waals surface area contributed by atoms with Crippen LogP contribution in [0.2, 0.25) is 0 Å². The molecule has 0 heterocycles. The van der Waals surface area contributed by atoms with Gasteiger partial charge in [-0.2, -0.15) is 0 Å². The van der Waals surface area contributed by atoms with Crippen LogP contribution < -0.4 is 10.1 Å². The van der Waals surface area contributed by atoms with Crippen molar-refractivity contribution in [2.45, 2.75) is 20.3 Å². The zero-order valence-electron chi connectivity index (χ0n) is 9.35. The van der Waals surface area contributed by atoms with Gasteiger partial charge in [0.15, 0.2) is 0 Å². The summed E-state index contributed by atoms with van der Waals surface area (Å²) in [6, 6.07) is 6.09. The Balaban J connectivity index is 2.33. The molecule has 1 aromatic carbocycles. The van der Waals surface area contributed by atoms with E-state index < -0.39 is 0 Å². The zero-order chi connectivity index (χ0) is 11.1. The van der Waals surface area contributed by atoms with Crippen LogP contribution in [0.4, 0.5) is 0 Å². The highest BCUT2D eigenvalue weighted by Crippen LogP contribution is 2.22. The molecule has 0 aliphatic heterocycles. The number of benzene rings is 1. The van der Waals surface area contributed by atoms with E-state index in [1.807, 2.05) is 12.1 Å². The van der Waals surface area contributed by atoms with Gasteiger partial charge in [-0.05, 0) is 37.6 Å². The molecule has 15 heavy (non-hydrogen) atoms. The molecule has 0 fully saturated rings. The van der Waals surface area contributed by atoms with Gasteiger partial charge in [-0.3, -0.25) is 0 Å². The van der Waals surface area contributed by atoms with E-state index in [1.54, 1.807) is 0 Å². The minimum atomic E-state index is 0.720. The lowest BCUT2D eigenvalue weighted by Crippen LogP contribution is -2.21. The van der Waals surface area contributed by atoms with Gasteiger partial charge in [0.05, 0.1) is 0 Å². The summed E-state index contributed by atoms with van der Waals surface area (Å²) in [6.45, 7) is 6.89. The molecule has 0 radical (unpaired) electrons. The first-order valence-electron chi connectivity index (χ1n) is 5.33. The summed E-state index contributed by atoms with van der Waals surface area (Å²) in [5.74, 6) is 0.961. The number of hydrogen-bond donors (Lipinski definition) is 1. The van der Waals surface area contributed by atoms with E-state index in [2.05, 4.69) is 41.2 Å². The number of halogens is 1. The molecule has 0 saturated heterocycles. The molecule has 1 N–H and O–H groups in total. The van der Waals surface area contributed by atoms with Crippen molar-refractivity contribution in [2.75, 3.05) is 19.7 Å². The normalized spacial score (nSPS) is 10.3. The van der Waals surface area contributed by atoms with E-state index in [9.17, 15) is 0 Å². The third-order valence-corrected chi connectivity index (χ3v) is 2.61. The molecule has 0 bridgehead atoms. The standard InChI is InChI=1S/C12H18BrNO/c1-3-6-14-7-8-15-12-9-11(13)5-4-10(12)2/h4-5,9,14H,3,6-8H2,1-2H3. The Morgan fingerprint density at radius 3 is 2.87 bits per heavy atom. The van der Waals surface area contributed by atoms with Crippen LogP contribution in [0.3, 0.4) is 0 Å². The van der Waals surface area contributed by atoms with Crippen LogP contribution in [-0.4, -0.2) is 19.7 Å². The molecule has 0 spiro atoms. The SMILES string of the molecule is CCCNCCOc1cc(Br)ccc1C. The van der Waals surface area contributed by atoms with Crippen molar-refractivity contribution in [2.24, 2.45) is 0 Å². The summed E-state index contributed by atoms with van der Waals surface area (Å²) in [6.07, 6.45) is 1.16. The minimum absolute atomic E-state index is 0.720. The van der Waals surface area contributed by atoms with Gasteiger partial charge in [0, 0.05) is 11.0 Å². The van der Waals surface area contributed by atoms with Crippen LogP contribution in [-0.2, 0) is 0 Å². The Hall–Kier alpha value is -0.540. The molecule has 0 aliphatic rings. The van der Waals surface area contributed by atoms with Crippen LogP contribution in [0.15, 0.2) is 22.7 Å². The highest BCUT2D eigenvalue weighted by molar-refractivity contribution is 9.10. The van der Waals surface area contributed by atoms with Gasteiger partial charge in [0.1, 0.15) is 12.4 Å². The highest BCUT2D eigenvalue weighted by Gasteiger charge is 1.99. The molecule has 2 nitrogen and oxygen atoms in total. The number of aryl methyl sites for hydroxylation is 1. The Morgan fingerprint density at radius 2 is 2.13 bits per heavy atom. The van der Waals surface area contributed by atoms with E-state index >= 15 is 0 Å². The van der Waals surface area contributed by atoms with Crippen molar-refractivity contribution in [3.8, 4) is 5.75 Å². The summed E-state index contributed by atoms with van der Waals surface area (Å²) in [4.78, 5) is 0. The second-order valence-electron chi connectivity index (χ2n) is 3.51. The molecule has 0 aliphatic carbocycles. The first-order chi connectivity index (χ1) is 7.24. The van der Waals surface area contributed by atoms with Gasteiger partial charge >= 0.3 is 0 Å². The maximum absolute atomic E-state index is 5.67. The molecule has 3 heteroatoms. The van der Waals surface area contributed by atoms with Crippen LogP contribution in [0.25, 0.3) is 0 Å². The summed E-state index contributed by atoms with van der Waals surface area (Å²) in [5.41, 5.74) is 1.17. The second-order valence-corrected chi connectivity index (χ2v) is 4.42. The molecular formula is C12H18BrNO. The topological polar surface area (TPSA) is 21.3 Å². The first-order valence-corrected chi connectivity index (χ1v) is 6.13. The summed E-state index contributed by atoms with van der Waals surface area (Å²) >= 11 is 3.43. The van der Waals surface area contributed by atoms with Gasteiger partial charge < -0.3 is 10.1 Å². The van der Waals surface area contributed by atoms with E-state index in [0.29, 0.717) is 0 Å². The zero-order valence-corrected chi connectivity index (χ0v) is 10.9. The molecule has 0 unspecified atom stereocenters. The van der Waals surface area contributed by atoms with Crippen LogP contribution >= 0.6 is 15.9 Å². The van der Waals surface area contributed by atoms with Crippen molar-refractivity contribution >= 4 is 15.9 Å². The fraction of sp³-hybridized carbons (Fsp3) is 0.500. The van der Waals surface area contributed by atoms with Crippen molar-refractivity contribution in [3.63, 3.8) is 0 Å². The Morgan fingerprint density at radius 1 is 1.33 bits per heavy atom. The quantitative estimate of drug-likeness (QED) is 0.803. The van der Waals surface area contributed by atoms with Gasteiger partial charge in [-0.25, -0.2) is 0 Å². The van der Waals surface area contributed by atoms with E-state index in [4.69, 9.17) is 4.74 Å². The lowest BCUT2D eigenvalue weighted by atomic mass is 10.2. The fourth-order valence-electron chi connectivity index (χ4n) is 1.26. The maximum atomic E-state index is 5.67. The lowest BCUT2D eigenvalue weighted by molar-refractivity contribution is 0.312. The summed E-state index contributed by atoms with van der Waals surface area (Å²) in [5, 5.41) is 3.30. The van der Waals surface area contributed by atoms with E-state index in [1.165, 1.54) is 5.56 Å². The monoisotopic (exact) mass is 271 g/mol. The number of nitrogens with one attached hydrogen (secondary N) is 1. The molecule has 0 aromatic heterocycles. The average molecular weight is 272 g/mol. The summed E-state index contributed by atoms with van der Waals surface area (Å²) < 4.78 is 6.73. The number of rotatable bonds is 6. The van der Waals surface area contributed by atoms with Crippen molar-refractivity contribution in [1.82, 2.24) is 5.32 Å². The van der Waals surface area contributed by atoms with Crippen LogP contribution in [0.5, 0.6) is 5.75 Å². The molecule has 1 rings (SSSR count). The molecule has 84 valence electrons. The highest BCUT2D eigenvalue weighted by atomic mass is 79.9. The maximum Gasteiger partial charge on any atom is 0.123 e. The Bertz CT molecular complexity index is 302. The van der Waals surface area contributed by atoms with Gasteiger partial charge in [0.2, 0.25) is 0 Å². The van der Waals surface area contributed by atoms with E-state index in [-0.39, 0.29) is 0 Å². The Labute approximate surface area is 100 Å². The molecule has 0 amide bonds. The van der Waals surface area contributed by atoms with Gasteiger partial charge in [-0.1, -0.05) is 28.9 Å². The fourth-order valence-corrected chi connectivity index (χ4v) is 1.60. The smallest absolute Gasteiger partial charge is 0.123 e. The lowest BCUT2D eigenvalue weighted by Gasteiger charge is -2.09. The predicted molar refractivity (Wildman–Crippen MR) is 67.5 cm³/mol. The van der Waals surface area contributed by atoms with Gasteiger partial charge in [0.25, 0.3) is 0 Å². The summed E-state index contributed by atoms with van der Waals surface area (Å²) in [7, 11) is 0. The van der Waals surface area contributed by atoms with Crippen molar-refractivity contribution in [1.29, 1.82) is 0 Å². The van der Waals surface area contributed by atoms with Crippen molar-refractivity contribution < 1.29 is 4.74 Å².